The molecule has 0 aliphatic carbocycles. The summed E-state index contributed by atoms with van der Waals surface area (Å²) < 4.78 is 0. The Balaban J connectivity index is -0.000000338. The van der Waals surface area contributed by atoms with Crippen LogP contribution in [0.15, 0.2) is 0 Å². The van der Waals surface area contributed by atoms with Crippen molar-refractivity contribution in [2.24, 2.45) is 5.92 Å². The quantitative estimate of drug-likeness (QED) is 0.304. The zero-order chi connectivity index (χ0) is 18.0. The number of aliphatic hydroxyl groups excluding tert-OH is 2. The van der Waals surface area contributed by atoms with Gasteiger partial charge in [0.15, 0.2) is 12.2 Å². The number of hydrogen-bond acceptors (Lipinski definition) is 7. The summed E-state index contributed by atoms with van der Waals surface area (Å²) in [5.41, 5.74) is 0. The van der Waals surface area contributed by atoms with Crippen LogP contribution in [-0.2, 0) is 24.0 Å². The number of Topliss-reactive ketones (excluding diaryl/α,β-unsaturated/α-hetero) is 1. The van der Waals surface area contributed by atoms with Crippen LogP contribution in [-0.4, -0.2) is 72.5 Å². The van der Waals surface area contributed by atoms with Crippen molar-refractivity contribution in [1.82, 2.24) is 0 Å². The summed E-state index contributed by atoms with van der Waals surface area (Å²) in [5.74, 6) is -7.40. The summed E-state index contributed by atoms with van der Waals surface area (Å²) in [6.45, 7) is 1.23. The van der Waals surface area contributed by atoms with Crippen molar-refractivity contribution in [3.05, 3.63) is 0 Å². The molecule has 0 aromatic rings. The van der Waals surface area contributed by atoms with Gasteiger partial charge in [-0.05, 0) is 6.92 Å². The molecule has 0 bridgehead atoms. The molecule has 11 nitrogen and oxygen atoms in total. The Morgan fingerprint density at radius 2 is 1.09 bits per heavy atom. The molecule has 3 unspecified atom stereocenters. The second kappa shape index (κ2) is 12.1. The van der Waals surface area contributed by atoms with Crippen LogP contribution in [0.1, 0.15) is 27.2 Å². The maximum atomic E-state index is 10.5. The van der Waals surface area contributed by atoms with Crippen LogP contribution in [0.5, 0.6) is 0 Å². The number of carbonyl (C=O) groups is 5. The molecule has 0 spiro atoms. The van der Waals surface area contributed by atoms with Gasteiger partial charge in [-0.25, -0.2) is 9.59 Å². The van der Waals surface area contributed by atoms with Gasteiger partial charge in [0.25, 0.3) is 0 Å². The van der Waals surface area contributed by atoms with Crippen LogP contribution in [0.2, 0.25) is 0 Å². The lowest BCUT2D eigenvalue weighted by Crippen LogP contribution is -2.39. The summed E-state index contributed by atoms with van der Waals surface area (Å²) in [4.78, 5) is 50.5. The number of carboxylic acid groups (broad SMARTS) is 4. The van der Waals surface area contributed by atoms with Crippen molar-refractivity contribution in [3.8, 4) is 0 Å². The number of carboxylic acids is 4. The molecule has 0 radical (unpaired) electrons. The van der Waals surface area contributed by atoms with Crippen molar-refractivity contribution < 1.29 is 54.6 Å². The van der Waals surface area contributed by atoms with Gasteiger partial charge in [-0.15, -0.1) is 0 Å². The van der Waals surface area contributed by atoms with E-state index in [0.717, 1.165) is 0 Å². The Morgan fingerprint density at radius 3 is 1.26 bits per heavy atom. The zero-order valence-electron chi connectivity index (χ0n) is 11.4. The molecule has 0 aliphatic heterocycles. The summed E-state index contributed by atoms with van der Waals surface area (Å²) in [7, 11) is 0. The lowest BCUT2D eigenvalue weighted by atomic mass is 10.00. The highest BCUT2D eigenvalue weighted by atomic mass is 16.4. The predicted octanol–water partition coefficient (Wildman–Crippen LogP) is -1.35. The topological polar surface area (TPSA) is 207 Å². The van der Waals surface area contributed by atoms with Crippen molar-refractivity contribution in [2.75, 3.05) is 0 Å². The van der Waals surface area contributed by atoms with E-state index in [4.69, 9.17) is 30.6 Å². The van der Waals surface area contributed by atoms with Crippen molar-refractivity contribution in [1.29, 1.82) is 0 Å². The molecule has 0 saturated heterocycles. The third-order valence-corrected chi connectivity index (χ3v) is 2.11. The van der Waals surface area contributed by atoms with Crippen molar-refractivity contribution in [2.45, 2.75) is 39.4 Å². The highest BCUT2D eigenvalue weighted by Gasteiger charge is 2.29. The molecular formula is C12H20O11. The molecule has 0 amide bonds. The number of aliphatic hydroxyl groups is 2. The summed E-state index contributed by atoms with van der Waals surface area (Å²) in [6.07, 6.45) is -5.26. The minimum atomic E-state index is -2.27. The molecule has 11 heteroatoms. The van der Waals surface area contributed by atoms with E-state index in [1.807, 2.05) is 0 Å². The molecule has 0 heterocycles. The molecule has 0 aromatic heterocycles. The fourth-order valence-corrected chi connectivity index (χ4v) is 1.07. The Labute approximate surface area is 130 Å². The van der Waals surface area contributed by atoms with Crippen LogP contribution < -0.4 is 0 Å². The minimum Gasteiger partial charge on any atom is -0.481 e. The van der Waals surface area contributed by atoms with Gasteiger partial charge in [-0.1, -0.05) is 7.43 Å². The number of carbonyl (C=O) groups excluding carboxylic acids is 1. The Morgan fingerprint density at radius 1 is 0.739 bits per heavy atom. The molecule has 0 fully saturated rings. The number of rotatable bonds is 8. The van der Waals surface area contributed by atoms with Gasteiger partial charge in [-0.2, -0.15) is 0 Å². The zero-order valence-corrected chi connectivity index (χ0v) is 11.4. The number of hydrogen-bond donors (Lipinski definition) is 6. The Hall–Kier alpha value is -2.53. The van der Waals surface area contributed by atoms with Gasteiger partial charge < -0.3 is 35.4 Å². The van der Waals surface area contributed by atoms with Gasteiger partial charge in [0.1, 0.15) is 5.78 Å². The summed E-state index contributed by atoms with van der Waals surface area (Å²) in [6, 6.07) is 0. The van der Waals surface area contributed by atoms with Crippen LogP contribution in [0.4, 0.5) is 0 Å². The van der Waals surface area contributed by atoms with Crippen LogP contribution in [0.25, 0.3) is 0 Å². The fourth-order valence-electron chi connectivity index (χ4n) is 1.07. The Kier molecular flexibility index (Phi) is 13.3. The van der Waals surface area contributed by atoms with E-state index in [1.54, 1.807) is 0 Å². The molecule has 0 saturated carbocycles. The lowest BCUT2D eigenvalue weighted by molar-refractivity contribution is -0.165. The maximum Gasteiger partial charge on any atom is 0.335 e. The van der Waals surface area contributed by atoms with E-state index < -0.39 is 48.4 Å². The molecule has 6 N–H and O–H groups in total. The second-order valence-corrected chi connectivity index (χ2v) is 4.11. The molecular weight excluding hydrogens is 320 g/mol. The molecule has 23 heavy (non-hydrogen) atoms. The van der Waals surface area contributed by atoms with Crippen LogP contribution in [0.3, 0.4) is 0 Å². The van der Waals surface area contributed by atoms with E-state index in [-0.39, 0.29) is 19.6 Å². The first-order valence-electron chi connectivity index (χ1n) is 5.65. The average molecular weight is 340 g/mol. The van der Waals surface area contributed by atoms with E-state index in [2.05, 4.69) is 0 Å². The summed E-state index contributed by atoms with van der Waals surface area (Å²) >= 11 is 0. The molecule has 3 atom stereocenters. The van der Waals surface area contributed by atoms with Crippen LogP contribution >= 0.6 is 0 Å². The lowest BCUT2D eigenvalue weighted by Gasteiger charge is -2.07. The van der Waals surface area contributed by atoms with Crippen molar-refractivity contribution in [3.63, 3.8) is 0 Å². The minimum absolute atomic E-state index is 0. The molecule has 0 aromatic carbocycles. The first kappa shape index (κ1) is 25.4. The largest absolute Gasteiger partial charge is 0.481 e. The molecule has 0 aliphatic rings. The Bertz CT molecular complexity index is 408. The van der Waals surface area contributed by atoms with Gasteiger partial charge in [-0.3, -0.25) is 9.59 Å². The number of aliphatic carboxylic acids is 4. The molecule has 134 valence electrons. The van der Waals surface area contributed by atoms with Gasteiger partial charge >= 0.3 is 23.9 Å². The third kappa shape index (κ3) is 12.9. The third-order valence-electron chi connectivity index (χ3n) is 2.11. The summed E-state index contributed by atoms with van der Waals surface area (Å²) in [5, 5.41) is 49.3. The van der Waals surface area contributed by atoms with E-state index >= 15 is 0 Å². The smallest absolute Gasteiger partial charge is 0.335 e. The molecule has 0 rings (SSSR count). The van der Waals surface area contributed by atoms with Crippen molar-refractivity contribution >= 4 is 29.7 Å². The SMILES string of the molecule is C.CC(=O)CC(CC(=O)O)C(=O)O.O=C(O)C(O)C(O)C(=O)O. The van der Waals surface area contributed by atoms with E-state index in [1.165, 1.54) is 6.92 Å². The maximum absolute atomic E-state index is 10.5. The van der Waals surface area contributed by atoms with E-state index in [0.29, 0.717) is 0 Å². The fraction of sp³-hybridized carbons (Fsp3) is 0.583. The first-order chi connectivity index (χ1) is 9.89. The highest BCUT2D eigenvalue weighted by Crippen LogP contribution is 2.09. The van der Waals surface area contributed by atoms with Crippen LogP contribution in [0, 0.1) is 5.92 Å². The standard InChI is InChI=1S/C7H10O5.C4H6O6.CH4/c1-4(8)2-5(7(11)12)3-6(9)10;5-1(3(7)8)2(6)4(9)10;/h5H,2-3H2,1H3,(H,9,10)(H,11,12);1-2,5-6H,(H,7,8)(H,9,10);1H4. The average Bonchev–Trinajstić information content (AvgIpc) is 2.35. The first-order valence-corrected chi connectivity index (χ1v) is 5.65. The normalized spacial score (nSPS) is 13.2. The van der Waals surface area contributed by atoms with E-state index in [9.17, 15) is 24.0 Å². The highest BCUT2D eigenvalue weighted by molar-refractivity contribution is 5.85. The second-order valence-electron chi connectivity index (χ2n) is 4.11. The van der Waals surface area contributed by atoms with Gasteiger partial charge in [0.2, 0.25) is 0 Å². The predicted molar refractivity (Wildman–Crippen MR) is 72.7 cm³/mol. The number of ketones is 1. The van der Waals surface area contributed by atoms with Gasteiger partial charge in [0.05, 0.1) is 12.3 Å². The monoisotopic (exact) mass is 340 g/mol. The van der Waals surface area contributed by atoms with Gasteiger partial charge in [0, 0.05) is 6.42 Å².